The molecule has 0 bridgehead atoms. The number of likely N-dealkylation sites (N-methyl/N-ethyl adjacent to an activating group) is 1. The lowest BCUT2D eigenvalue weighted by Crippen LogP contribution is -2.44. The van der Waals surface area contributed by atoms with Gasteiger partial charge in [0.05, 0.1) is 6.54 Å². The minimum absolute atomic E-state index is 0.538. The summed E-state index contributed by atoms with van der Waals surface area (Å²) in [4.78, 5) is 7.45. The molecule has 0 radical (unpaired) electrons. The Kier molecular flexibility index (Phi) is 5.86. The summed E-state index contributed by atoms with van der Waals surface area (Å²) >= 11 is 0. The lowest BCUT2D eigenvalue weighted by atomic mass is 9.95. The number of aromatic nitrogens is 3. The normalized spacial score (nSPS) is 21.0. The third-order valence-corrected chi connectivity index (χ3v) is 6.16. The van der Waals surface area contributed by atoms with Crippen molar-refractivity contribution in [2.75, 3.05) is 46.3 Å². The highest BCUT2D eigenvalue weighted by Gasteiger charge is 2.26. The van der Waals surface area contributed by atoms with Gasteiger partial charge in [0.1, 0.15) is 11.6 Å². The van der Waals surface area contributed by atoms with Crippen molar-refractivity contribution in [1.82, 2.24) is 29.5 Å². The van der Waals surface area contributed by atoms with Crippen LogP contribution >= 0.6 is 0 Å². The highest BCUT2D eigenvalue weighted by molar-refractivity contribution is 5.14. The second-order valence-electron chi connectivity index (χ2n) is 8.15. The molecule has 4 rings (SSSR count). The summed E-state index contributed by atoms with van der Waals surface area (Å²) in [5.41, 5.74) is 1.41. The van der Waals surface area contributed by atoms with Crippen LogP contribution in [0.4, 0.5) is 0 Å². The van der Waals surface area contributed by atoms with Crippen molar-refractivity contribution in [3.8, 4) is 0 Å². The van der Waals surface area contributed by atoms with Gasteiger partial charge in [-0.1, -0.05) is 30.3 Å². The molecule has 0 unspecified atom stereocenters. The highest BCUT2D eigenvalue weighted by atomic mass is 15.3. The van der Waals surface area contributed by atoms with Crippen LogP contribution in [-0.4, -0.2) is 75.8 Å². The molecule has 0 amide bonds. The summed E-state index contributed by atoms with van der Waals surface area (Å²) < 4.78 is 2.26. The van der Waals surface area contributed by atoms with Crippen LogP contribution in [0.3, 0.4) is 0 Å². The van der Waals surface area contributed by atoms with Gasteiger partial charge in [0, 0.05) is 45.7 Å². The van der Waals surface area contributed by atoms with Gasteiger partial charge >= 0.3 is 0 Å². The summed E-state index contributed by atoms with van der Waals surface area (Å²) in [5, 5.41) is 9.12. The number of rotatable bonds is 5. The molecular weight excluding hydrogens is 336 g/mol. The zero-order valence-corrected chi connectivity index (χ0v) is 16.7. The van der Waals surface area contributed by atoms with E-state index in [1.54, 1.807) is 0 Å². The molecule has 0 aliphatic carbocycles. The summed E-state index contributed by atoms with van der Waals surface area (Å²) in [5.74, 6) is 2.83. The van der Waals surface area contributed by atoms with Crippen molar-refractivity contribution in [3.63, 3.8) is 0 Å². The average molecular weight is 369 g/mol. The van der Waals surface area contributed by atoms with Crippen LogP contribution in [0.1, 0.15) is 36.0 Å². The monoisotopic (exact) mass is 368 g/mol. The van der Waals surface area contributed by atoms with Crippen molar-refractivity contribution in [2.24, 2.45) is 7.05 Å². The Morgan fingerprint density at radius 2 is 1.48 bits per heavy atom. The van der Waals surface area contributed by atoms with E-state index in [0.29, 0.717) is 5.92 Å². The summed E-state index contributed by atoms with van der Waals surface area (Å²) in [6, 6.07) is 10.8. The molecular formula is C21H32N6. The molecule has 2 fully saturated rings. The summed E-state index contributed by atoms with van der Waals surface area (Å²) in [7, 11) is 4.35. The second kappa shape index (κ2) is 8.50. The number of benzene rings is 1. The van der Waals surface area contributed by atoms with Crippen LogP contribution in [0.15, 0.2) is 30.3 Å². The van der Waals surface area contributed by atoms with Crippen LogP contribution in [0.25, 0.3) is 0 Å². The Bertz CT molecular complexity index is 712. The van der Waals surface area contributed by atoms with E-state index in [9.17, 15) is 0 Å². The van der Waals surface area contributed by atoms with Crippen LogP contribution in [-0.2, 0) is 20.1 Å². The number of hydrogen-bond acceptors (Lipinski definition) is 5. The third-order valence-electron chi connectivity index (χ3n) is 6.16. The molecule has 0 N–H and O–H groups in total. The first-order valence-electron chi connectivity index (χ1n) is 10.2. The van der Waals surface area contributed by atoms with Gasteiger partial charge < -0.3 is 9.47 Å². The largest absolute Gasteiger partial charge is 0.317 e. The fourth-order valence-corrected chi connectivity index (χ4v) is 4.27. The Morgan fingerprint density at radius 3 is 2.19 bits per heavy atom. The first-order chi connectivity index (χ1) is 13.2. The third kappa shape index (κ3) is 4.57. The van der Waals surface area contributed by atoms with E-state index in [1.807, 2.05) is 0 Å². The standard InChI is InChI=1S/C21H32N6/c1-24-12-14-27(15-13-24)17-20-22-23-21(25(20)2)19-8-10-26(11-9-19)16-18-6-4-3-5-7-18/h3-7,19H,8-17H2,1-2H3. The zero-order chi connectivity index (χ0) is 18.6. The van der Waals surface area contributed by atoms with Crippen LogP contribution in [0.5, 0.6) is 0 Å². The Labute approximate surface area is 162 Å². The zero-order valence-electron chi connectivity index (χ0n) is 16.7. The maximum absolute atomic E-state index is 4.59. The highest BCUT2D eigenvalue weighted by Crippen LogP contribution is 2.27. The molecule has 2 aliphatic heterocycles. The van der Waals surface area contributed by atoms with E-state index >= 15 is 0 Å². The van der Waals surface area contributed by atoms with Crippen LogP contribution < -0.4 is 0 Å². The van der Waals surface area contributed by atoms with Crippen molar-refractivity contribution in [1.29, 1.82) is 0 Å². The van der Waals surface area contributed by atoms with Gasteiger partial charge in [-0.05, 0) is 38.5 Å². The van der Waals surface area contributed by atoms with Crippen LogP contribution in [0.2, 0.25) is 0 Å². The molecule has 6 nitrogen and oxygen atoms in total. The predicted octanol–water partition coefficient (Wildman–Crippen LogP) is 1.94. The Hall–Kier alpha value is -1.76. The van der Waals surface area contributed by atoms with Crippen molar-refractivity contribution in [3.05, 3.63) is 47.5 Å². The minimum atomic E-state index is 0.538. The van der Waals surface area contributed by atoms with Gasteiger partial charge in [-0.2, -0.15) is 0 Å². The molecule has 2 aromatic rings. The Balaban J connectivity index is 1.31. The predicted molar refractivity (Wildman–Crippen MR) is 107 cm³/mol. The first-order valence-corrected chi connectivity index (χ1v) is 10.2. The van der Waals surface area contributed by atoms with Gasteiger partial charge in [-0.25, -0.2) is 0 Å². The quantitative estimate of drug-likeness (QED) is 0.807. The molecule has 2 aliphatic rings. The number of nitrogens with zero attached hydrogens (tertiary/aromatic N) is 6. The lowest BCUT2D eigenvalue weighted by Gasteiger charge is -2.32. The fraction of sp³-hybridized carbons (Fsp3) is 0.619. The Morgan fingerprint density at radius 1 is 0.815 bits per heavy atom. The number of piperidine rings is 1. The van der Waals surface area contributed by atoms with E-state index in [-0.39, 0.29) is 0 Å². The second-order valence-corrected chi connectivity index (χ2v) is 8.15. The van der Waals surface area contributed by atoms with Gasteiger partial charge in [0.2, 0.25) is 0 Å². The maximum Gasteiger partial charge on any atom is 0.146 e. The molecule has 0 atom stereocenters. The number of likely N-dealkylation sites (tertiary alicyclic amines) is 1. The molecule has 6 heteroatoms. The molecule has 1 aromatic carbocycles. The van der Waals surface area contributed by atoms with Gasteiger partial charge in [-0.3, -0.25) is 9.80 Å². The fourth-order valence-electron chi connectivity index (χ4n) is 4.27. The topological polar surface area (TPSA) is 40.4 Å². The molecule has 0 saturated carbocycles. The van der Waals surface area contributed by atoms with Crippen molar-refractivity contribution in [2.45, 2.75) is 31.8 Å². The lowest BCUT2D eigenvalue weighted by molar-refractivity contribution is 0.144. The van der Waals surface area contributed by atoms with E-state index < -0.39 is 0 Å². The van der Waals surface area contributed by atoms with Crippen molar-refractivity contribution >= 4 is 0 Å². The molecule has 1 aromatic heterocycles. The minimum Gasteiger partial charge on any atom is -0.317 e. The first kappa shape index (κ1) is 18.6. The average Bonchev–Trinajstić information content (AvgIpc) is 3.05. The smallest absolute Gasteiger partial charge is 0.146 e. The maximum atomic E-state index is 4.59. The number of piperazine rings is 1. The molecule has 3 heterocycles. The van der Waals surface area contributed by atoms with Gasteiger partial charge in [0.15, 0.2) is 0 Å². The van der Waals surface area contributed by atoms with Gasteiger partial charge in [0.25, 0.3) is 0 Å². The summed E-state index contributed by atoms with van der Waals surface area (Å²) in [6.07, 6.45) is 2.35. The van der Waals surface area contributed by atoms with Gasteiger partial charge in [-0.15, -0.1) is 10.2 Å². The number of hydrogen-bond donors (Lipinski definition) is 0. The summed E-state index contributed by atoms with van der Waals surface area (Å²) in [6.45, 7) is 8.79. The van der Waals surface area contributed by atoms with E-state index in [0.717, 1.165) is 58.2 Å². The van der Waals surface area contributed by atoms with E-state index in [4.69, 9.17) is 0 Å². The van der Waals surface area contributed by atoms with E-state index in [2.05, 4.69) is 73.9 Å². The van der Waals surface area contributed by atoms with Crippen molar-refractivity contribution < 1.29 is 0 Å². The molecule has 146 valence electrons. The molecule has 2 saturated heterocycles. The molecule has 27 heavy (non-hydrogen) atoms. The molecule has 0 spiro atoms. The SMILES string of the molecule is CN1CCN(Cc2nnc(C3CCN(Cc4ccccc4)CC3)n2C)CC1. The van der Waals surface area contributed by atoms with Crippen LogP contribution in [0, 0.1) is 0 Å². The van der Waals surface area contributed by atoms with E-state index in [1.165, 1.54) is 24.2 Å².